The minimum Gasteiger partial charge on any atom is -0.422 e. The number of fused-ring (bicyclic) bond motifs is 1. The number of amides is 1. The molecule has 23 heavy (non-hydrogen) atoms. The van der Waals surface area contributed by atoms with E-state index < -0.39 is 0 Å². The molecule has 0 atom stereocenters. The molecule has 0 saturated carbocycles. The zero-order chi connectivity index (χ0) is 16.2. The lowest BCUT2D eigenvalue weighted by Gasteiger charge is -2.07. The van der Waals surface area contributed by atoms with Gasteiger partial charge in [0.05, 0.1) is 5.56 Å². The average molecular weight is 307 g/mol. The van der Waals surface area contributed by atoms with E-state index in [1.165, 1.54) is 0 Å². The Morgan fingerprint density at radius 1 is 1.09 bits per heavy atom. The van der Waals surface area contributed by atoms with E-state index in [1.807, 2.05) is 43.3 Å². The van der Waals surface area contributed by atoms with Gasteiger partial charge in [-0.15, -0.1) is 0 Å². The molecule has 0 fully saturated rings. The summed E-state index contributed by atoms with van der Waals surface area (Å²) in [5.41, 5.74) is 2.05. The summed E-state index contributed by atoms with van der Waals surface area (Å²) in [6.07, 6.45) is 1.27. The molecule has 2 aromatic carbocycles. The Kier molecular flexibility index (Phi) is 4.24. The van der Waals surface area contributed by atoms with Crippen molar-refractivity contribution in [1.29, 1.82) is 0 Å². The van der Waals surface area contributed by atoms with Crippen molar-refractivity contribution in [3.63, 3.8) is 0 Å². The van der Waals surface area contributed by atoms with E-state index in [1.54, 1.807) is 18.2 Å². The van der Waals surface area contributed by atoms with Crippen LogP contribution in [-0.2, 0) is 4.79 Å². The number of anilines is 1. The maximum atomic E-state index is 12.2. The number of carbonyl (C=O) groups excluding carboxylic acids is 1. The average Bonchev–Trinajstić information content (AvgIpc) is 2.54. The van der Waals surface area contributed by atoms with E-state index in [4.69, 9.17) is 4.42 Å². The summed E-state index contributed by atoms with van der Waals surface area (Å²) < 4.78 is 5.36. The molecule has 1 amide bonds. The molecule has 0 spiro atoms. The van der Waals surface area contributed by atoms with Crippen LogP contribution in [-0.4, -0.2) is 5.91 Å². The Bertz CT molecular complexity index is 912. The van der Waals surface area contributed by atoms with Crippen LogP contribution in [0.4, 0.5) is 5.69 Å². The fourth-order valence-corrected chi connectivity index (χ4v) is 2.48. The van der Waals surface area contributed by atoms with Gasteiger partial charge in [0.25, 0.3) is 0 Å². The quantitative estimate of drug-likeness (QED) is 0.735. The van der Waals surface area contributed by atoms with Crippen molar-refractivity contribution in [3.05, 3.63) is 65.0 Å². The molecule has 1 aromatic heterocycles. The first kappa shape index (κ1) is 15.0. The van der Waals surface area contributed by atoms with Gasteiger partial charge in [-0.05, 0) is 36.2 Å². The summed E-state index contributed by atoms with van der Waals surface area (Å²) in [5.74, 6) is -0.0322. The third kappa shape index (κ3) is 3.31. The van der Waals surface area contributed by atoms with Gasteiger partial charge in [-0.2, -0.15) is 0 Å². The van der Waals surface area contributed by atoms with Crippen molar-refractivity contribution < 1.29 is 9.21 Å². The van der Waals surface area contributed by atoms with E-state index in [0.29, 0.717) is 23.3 Å². The van der Waals surface area contributed by atoms with E-state index in [9.17, 15) is 9.59 Å². The van der Waals surface area contributed by atoms with Crippen molar-refractivity contribution >= 4 is 22.6 Å². The second-order valence-electron chi connectivity index (χ2n) is 5.36. The Labute approximate surface area is 133 Å². The summed E-state index contributed by atoms with van der Waals surface area (Å²) in [7, 11) is 0. The highest BCUT2D eigenvalue weighted by Gasteiger charge is 2.09. The summed E-state index contributed by atoms with van der Waals surface area (Å²) in [6.45, 7) is 1.95. The molecule has 0 radical (unpaired) electrons. The van der Waals surface area contributed by atoms with Gasteiger partial charge < -0.3 is 9.73 Å². The lowest BCUT2D eigenvalue weighted by molar-refractivity contribution is -0.116. The first-order valence-corrected chi connectivity index (χ1v) is 7.60. The molecule has 1 N–H and O–H groups in total. The highest BCUT2D eigenvalue weighted by molar-refractivity contribution is 5.91. The zero-order valence-corrected chi connectivity index (χ0v) is 12.8. The summed E-state index contributed by atoms with van der Waals surface area (Å²) in [4.78, 5) is 23.9. The highest BCUT2D eigenvalue weighted by atomic mass is 16.4. The van der Waals surface area contributed by atoms with Crippen LogP contribution in [0.15, 0.2) is 63.8 Å². The van der Waals surface area contributed by atoms with Crippen LogP contribution < -0.4 is 10.9 Å². The Morgan fingerprint density at radius 2 is 1.91 bits per heavy atom. The van der Waals surface area contributed by atoms with Gasteiger partial charge in [-0.3, -0.25) is 4.79 Å². The van der Waals surface area contributed by atoms with Crippen LogP contribution in [0.2, 0.25) is 0 Å². The molecule has 0 bridgehead atoms. The molecule has 4 nitrogen and oxygen atoms in total. The molecule has 0 aliphatic heterocycles. The van der Waals surface area contributed by atoms with Crippen molar-refractivity contribution in [2.24, 2.45) is 0 Å². The Hall–Kier alpha value is -2.88. The third-order valence-corrected chi connectivity index (χ3v) is 3.58. The van der Waals surface area contributed by atoms with Gasteiger partial charge in [0.2, 0.25) is 5.91 Å². The third-order valence-electron chi connectivity index (χ3n) is 3.58. The number of benzene rings is 2. The fourth-order valence-electron chi connectivity index (χ4n) is 2.48. The predicted octanol–water partition coefficient (Wildman–Crippen LogP) is 4.20. The topological polar surface area (TPSA) is 59.3 Å². The number of para-hydroxylation sites is 1. The molecular formula is C19H17NO3. The van der Waals surface area contributed by atoms with Gasteiger partial charge in [0.1, 0.15) is 5.58 Å². The van der Waals surface area contributed by atoms with Crippen molar-refractivity contribution in [1.82, 2.24) is 0 Å². The first-order valence-electron chi connectivity index (χ1n) is 7.60. The standard InChI is InChI=1S/C19H17NO3/c1-2-6-18(21)20-15-9-5-8-13(11-15)16-12-14-7-3-4-10-17(14)23-19(16)22/h3-5,7-12H,2,6H2,1H3,(H,20,21). The fraction of sp³-hybridized carbons (Fsp3) is 0.158. The van der Waals surface area contributed by atoms with Crippen LogP contribution in [0.25, 0.3) is 22.1 Å². The van der Waals surface area contributed by atoms with E-state index in [2.05, 4.69) is 5.32 Å². The molecule has 116 valence electrons. The Morgan fingerprint density at radius 3 is 2.74 bits per heavy atom. The van der Waals surface area contributed by atoms with Gasteiger partial charge in [-0.1, -0.05) is 37.3 Å². The molecule has 3 rings (SSSR count). The van der Waals surface area contributed by atoms with Crippen LogP contribution in [0.5, 0.6) is 0 Å². The molecular weight excluding hydrogens is 290 g/mol. The van der Waals surface area contributed by atoms with Crippen LogP contribution >= 0.6 is 0 Å². The van der Waals surface area contributed by atoms with Crippen LogP contribution in [0.1, 0.15) is 19.8 Å². The van der Waals surface area contributed by atoms with Gasteiger partial charge >= 0.3 is 5.63 Å². The van der Waals surface area contributed by atoms with Crippen molar-refractivity contribution in [2.75, 3.05) is 5.32 Å². The molecule has 0 unspecified atom stereocenters. The molecule has 0 aliphatic rings. The lowest BCUT2D eigenvalue weighted by Crippen LogP contribution is -2.10. The van der Waals surface area contributed by atoms with Crippen molar-refractivity contribution in [3.8, 4) is 11.1 Å². The SMILES string of the molecule is CCCC(=O)Nc1cccc(-c2cc3ccccc3oc2=O)c1. The summed E-state index contributed by atoms with van der Waals surface area (Å²) >= 11 is 0. The minimum absolute atomic E-state index is 0.0322. The van der Waals surface area contributed by atoms with E-state index in [-0.39, 0.29) is 11.5 Å². The largest absolute Gasteiger partial charge is 0.422 e. The summed E-state index contributed by atoms with van der Waals surface area (Å²) in [5, 5.41) is 3.70. The number of hydrogen-bond acceptors (Lipinski definition) is 3. The molecule has 3 aromatic rings. The zero-order valence-electron chi connectivity index (χ0n) is 12.8. The van der Waals surface area contributed by atoms with Crippen LogP contribution in [0, 0.1) is 0 Å². The minimum atomic E-state index is -0.388. The molecule has 0 saturated heterocycles. The van der Waals surface area contributed by atoms with Gasteiger partial charge in [0, 0.05) is 17.5 Å². The van der Waals surface area contributed by atoms with E-state index in [0.717, 1.165) is 17.4 Å². The predicted molar refractivity (Wildman–Crippen MR) is 91.5 cm³/mol. The summed E-state index contributed by atoms with van der Waals surface area (Å²) in [6, 6.07) is 16.4. The highest BCUT2D eigenvalue weighted by Crippen LogP contribution is 2.23. The second-order valence-corrected chi connectivity index (χ2v) is 5.36. The first-order chi connectivity index (χ1) is 11.2. The smallest absolute Gasteiger partial charge is 0.344 e. The molecule has 4 heteroatoms. The van der Waals surface area contributed by atoms with Crippen molar-refractivity contribution in [2.45, 2.75) is 19.8 Å². The normalized spacial score (nSPS) is 10.7. The Balaban J connectivity index is 2.00. The van der Waals surface area contributed by atoms with Gasteiger partial charge in [-0.25, -0.2) is 4.79 Å². The second kappa shape index (κ2) is 6.48. The monoisotopic (exact) mass is 307 g/mol. The lowest BCUT2D eigenvalue weighted by atomic mass is 10.1. The van der Waals surface area contributed by atoms with Gasteiger partial charge in [0.15, 0.2) is 0 Å². The maximum absolute atomic E-state index is 12.2. The molecule has 1 heterocycles. The number of hydrogen-bond donors (Lipinski definition) is 1. The molecule has 0 aliphatic carbocycles. The van der Waals surface area contributed by atoms with E-state index >= 15 is 0 Å². The maximum Gasteiger partial charge on any atom is 0.344 e. The number of nitrogens with one attached hydrogen (secondary N) is 1. The van der Waals surface area contributed by atoms with Crippen LogP contribution in [0.3, 0.4) is 0 Å². The number of carbonyl (C=O) groups is 1. The number of rotatable bonds is 4.